The van der Waals surface area contributed by atoms with Gasteiger partial charge >= 0.3 is 0 Å². The Labute approximate surface area is 124 Å². The van der Waals surface area contributed by atoms with Crippen molar-refractivity contribution >= 4 is 5.91 Å². The standard InChI is InChI=1S/C16H34N2O2/c1-2-3-4-5-6-7-8-9-10-11-12-18-13-14-20-15-16(17)19/h18H,2-15H2,1H3,(H2,17,19). The predicted octanol–water partition coefficient (Wildman–Crippen LogP) is 3.00. The first-order chi connectivity index (χ1) is 9.77. The summed E-state index contributed by atoms with van der Waals surface area (Å²) in [6, 6.07) is 0. The molecule has 4 nitrogen and oxygen atoms in total. The van der Waals surface area contributed by atoms with Crippen LogP contribution in [0.4, 0.5) is 0 Å². The summed E-state index contributed by atoms with van der Waals surface area (Å²) in [5, 5.41) is 3.31. The normalized spacial score (nSPS) is 10.8. The van der Waals surface area contributed by atoms with Gasteiger partial charge in [-0.2, -0.15) is 0 Å². The Kier molecular flexibility index (Phi) is 15.9. The molecule has 0 unspecified atom stereocenters. The van der Waals surface area contributed by atoms with Crippen molar-refractivity contribution in [3.05, 3.63) is 0 Å². The summed E-state index contributed by atoms with van der Waals surface area (Å²) in [4.78, 5) is 10.4. The van der Waals surface area contributed by atoms with Crippen LogP contribution in [0.2, 0.25) is 0 Å². The quantitative estimate of drug-likeness (QED) is 0.429. The van der Waals surface area contributed by atoms with Crippen molar-refractivity contribution < 1.29 is 9.53 Å². The molecule has 20 heavy (non-hydrogen) atoms. The van der Waals surface area contributed by atoms with E-state index < -0.39 is 5.91 Å². The summed E-state index contributed by atoms with van der Waals surface area (Å²) in [6.45, 7) is 4.68. The highest BCUT2D eigenvalue weighted by atomic mass is 16.5. The highest BCUT2D eigenvalue weighted by molar-refractivity contribution is 5.74. The van der Waals surface area contributed by atoms with Crippen molar-refractivity contribution in [2.24, 2.45) is 5.73 Å². The summed E-state index contributed by atoms with van der Waals surface area (Å²) >= 11 is 0. The number of hydrogen-bond donors (Lipinski definition) is 2. The van der Waals surface area contributed by atoms with Crippen LogP contribution in [-0.4, -0.2) is 32.2 Å². The molecule has 0 aromatic rings. The average Bonchev–Trinajstić information content (AvgIpc) is 2.43. The van der Waals surface area contributed by atoms with Crippen molar-refractivity contribution in [1.82, 2.24) is 5.32 Å². The molecule has 0 aromatic carbocycles. The molecule has 120 valence electrons. The molecular weight excluding hydrogens is 252 g/mol. The number of rotatable bonds is 16. The number of carbonyl (C=O) groups excluding carboxylic acids is 1. The molecule has 0 spiro atoms. The zero-order valence-corrected chi connectivity index (χ0v) is 13.3. The zero-order chi connectivity index (χ0) is 14.9. The highest BCUT2D eigenvalue weighted by Gasteiger charge is 1.94. The maximum Gasteiger partial charge on any atom is 0.243 e. The van der Waals surface area contributed by atoms with Gasteiger partial charge in [-0.25, -0.2) is 0 Å². The van der Waals surface area contributed by atoms with E-state index in [1.54, 1.807) is 0 Å². The van der Waals surface area contributed by atoms with Crippen molar-refractivity contribution in [2.75, 3.05) is 26.3 Å². The molecule has 0 aromatic heterocycles. The Hall–Kier alpha value is -0.610. The van der Waals surface area contributed by atoms with Crippen molar-refractivity contribution in [3.8, 4) is 0 Å². The largest absolute Gasteiger partial charge is 0.370 e. The third-order valence-electron chi connectivity index (χ3n) is 3.37. The van der Waals surface area contributed by atoms with Crippen LogP contribution in [0.1, 0.15) is 71.1 Å². The molecule has 0 aliphatic rings. The van der Waals surface area contributed by atoms with Gasteiger partial charge in [-0.3, -0.25) is 4.79 Å². The van der Waals surface area contributed by atoms with E-state index in [9.17, 15) is 4.79 Å². The topological polar surface area (TPSA) is 64.3 Å². The van der Waals surface area contributed by atoms with Crippen LogP contribution in [0.5, 0.6) is 0 Å². The fourth-order valence-corrected chi connectivity index (χ4v) is 2.18. The third kappa shape index (κ3) is 17.4. The van der Waals surface area contributed by atoms with Gasteiger partial charge < -0.3 is 15.8 Å². The van der Waals surface area contributed by atoms with Gasteiger partial charge in [-0.1, -0.05) is 64.7 Å². The fraction of sp³-hybridized carbons (Fsp3) is 0.938. The van der Waals surface area contributed by atoms with Crippen molar-refractivity contribution in [3.63, 3.8) is 0 Å². The molecule has 1 amide bonds. The number of carbonyl (C=O) groups is 1. The summed E-state index contributed by atoms with van der Waals surface area (Å²) in [5.41, 5.74) is 4.96. The molecule has 0 fully saturated rings. The van der Waals surface area contributed by atoms with Crippen molar-refractivity contribution in [1.29, 1.82) is 0 Å². The Morgan fingerprint density at radius 2 is 1.45 bits per heavy atom. The molecule has 0 atom stereocenters. The zero-order valence-electron chi connectivity index (χ0n) is 13.3. The fourth-order valence-electron chi connectivity index (χ4n) is 2.18. The van der Waals surface area contributed by atoms with Gasteiger partial charge in [-0.05, 0) is 13.0 Å². The van der Waals surface area contributed by atoms with Crippen LogP contribution < -0.4 is 11.1 Å². The van der Waals surface area contributed by atoms with E-state index in [2.05, 4.69) is 12.2 Å². The Morgan fingerprint density at radius 3 is 2.00 bits per heavy atom. The summed E-state index contributed by atoms with van der Waals surface area (Å²) < 4.78 is 5.06. The number of unbranched alkanes of at least 4 members (excludes halogenated alkanes) is 9. The Balaban J connectivity index is 2.94. The van der Waals surface area contributed by atoms with Gasteiger partial charge in [-0.15, -0.1) is 0 Å². The van der Waals surface area contributed by atoms with Gasteiger partial charge in [0.2, 0.25) is 5.91 Å². The molecule has 3 N–H and O–H groups in total. The van der Waals surface area contributed by atoms with Gasteiger partial charge in [0, 0.05) is 6.54 Å². The van der Waals surface area contributed by atoms with Crippen LogP contribution in [0.25, 0.3) is 0 Å². The lowest BCUT2D eigenvalue weighted by Crippen LogP contribution is -2.24. The molecule has 0 bridgehead atoms. The summed E-state index contributed by atoms with van der Waals surface area (Å²) in [6.07, 6.45) is 13.7. The number of nitrogens with two attached hydrogens (primary N) is 1. The minimum absolute atomic E-state index is 0.0277. The summed E-state index contributed by atoms with van der Waals surface area (Å²) in [5.74, 6) is -0.403. The van der Waals surface area contributed by atoms with Gasteiger partial charge in [0.15, 0.2) is 0 Å². The first-order valence-corrected chi connectivity index (χ1v) is 8.34. The lowest BCUT2D eigenvalue weighted by Gasteiger charge is -2.05. The van der Waals surface area contributed by atoms with E-state index in [-0.39, 0.29) is 6.61 Å². The number of nitrogens with one attached hydrogen (secondary N) is 1. The monoisotopic (exact) mass is 286 g/mol. The number of amides is 1. The molecular formula is C16H34N2O2. The van der Waals surface area contributed by atoms with Crippen LogP contribution in [-0.2, 0) is 9.53 Å². The number of hydrogen-bond acceptors (Lipinski definition) is 3. The van der Waals surface area contributed by atoms with Crippen LogP contribution in [0.15, 0.2) is 0 Å². The van der Waals surface area contributed by atoms with Crippen LogP contribution in [0.3, 0.4) is 0 Å². The second-order valence-electron chi connectivity index (χ2n) is 5.45. The second-order valence-corrected chi connectivity index (χ2v) is 5.45. The minimum atomic E-state index is -0.403. The maximum atomic E-state index is 10.4. The van der Waals surface area contributed by atoms with Crippen LogP contribution in [0, 0.1) is 0 Å². The third-order valence-corrected chi connectivity index (χ3v) is 3.37. The first kappa shape index (κ1) is 19.4. The predicted molar refractivity (Wildman–Crippen MR) is 84.7 cm³/mol. The highest BCUT2D eigenvalue weighted by Crippen LogP contribution is 2.10. The minimum Gasteiger partial charge on any atom is -0.370 e. The second kappa shape index (κ2) is 16.4. The molecule has 0 rings (SSSR count). The number of ether oxygens (including phenoxy) is 1. The Bertz CT molecular complexity index is 211. The van der Waals surface area contributed by atoms with E-state index in [1.165, 1.54) is 64.2 Å². The number of primary amides is 1. The van der Waals surface area contributed by atoms with Crippen LogP contribution >= 0.6 is 0 Å². The van der Waals surface area contributed by atoms with E-state index in [0.717, 1.165) is 13.1 Å². The molecule has 0 radical (unpaired) electrons. The van der Waals surface area contributed by atoms with Gasteiger partial charge in [0.05, 0.1) is 6.61 Å². The molecule has 0 saturated heterocycles. The lowest BCUT2D eigenvalue weighted by atomic mass is 10.1. The first-order valence-electron chi connectivity index (χ1n) is 8.34. The SMILES string of the molecule is CCCCCCCCCCCCNCCOCC(N)=O. The van der Waals surface area contributed by atoms with E-state index in [0.29, 0.717) is 6.61 Å². The van der Waals surface area contributed by atoms with E-state index >= 15 is 0 Å². The molecule has 0 aliphatic heterocycles. The van der Waals surface area contributed by atoms with Gasteiger partial charge in [0.25, 0.3) is 0 Å². The van der Waals surface area contributed by atoms with E-state index in [4.69, 9.17) is 10.5 Å². The average molecular weight is 286 g/mol. The lowest BCUT2D eigenvalue weighted by molar-refractivity contribution is -0.122. The molecule has 0 heterocycles. The summed E-state index contributed by atoms with van der Waals surface area (Å²) in [7, 11) is 0. The molecule has 0 saturated carbocycles. The maximum absolute atomic E-state index is 10.4. The van der Waals surface area contributed by atoms with E-state index in [1.807, 2.05) is 0 Å². The smallest absolute Gasteiger partial charge is 0.243 e. The van der Waals surface area contributed by atoms with Crippen molar-refractivity contribution in [2.45, 2.75) is 71.1 Å². The Morgan fingerprint density at radius 1 is 0.900 bits per heavy atom. The van der Waals surface area contributed by atoms with Gasteiger partial charge in [0.1, 0.15) is 6.61 Å². The molecule has 4 heteroatoms. The molecule has 0 aliphatic carbocycles.